The summed E-state index contributed by atoms with van der Waals surface area (Å²) in [6, 6.07) is 0. The van der Waals surface area contributed by atoms with Crippen LogP contribution < -0.4 is 0 Å². The van der Waals surface area contributed by atoms with Gasteiger partial charge in [-0.05, 0) is 25.6 Å². The normalized spacial score (nSPS) is 20.3. The van der Waals surface area contributed by atoms with Crippen molar-refractivity contribution in [3.05, 3.63) is 0 Å². The summed E-state index contributed by atoms with van der Waals surface area (Å²) in [4.78, 5) is 12.0. The lowest BCUT2D eigenvalue weighted by Gasteiger charge is -2.04. The van der Waals surface area contributed by atoms with Crippen LogP contribution in [0.5, 0.6) is 0 Å². The van der Waals surface area contributed by atoms with Gasteiger partial charge in [-0.1, -0.05) is 32.1 Å². The van der Waals surface area contributed by atoms with Crippen molar-refractivity contribution in [2.75, 3.05) is 18.3 Å². The molecule has 0 saturated carbocycles. The number of alkyl halides is 2. The Labute approximate surface area is 133 Å². The molecule has 0 amide bonds. The summed E-state index contributed by atoms with van der Waals surface area (Å²) in [5.74, 6) is -3.08. The maximum Gasteiger partial charge on any atom is 0.305 e. The quantitative estimate of drug-likeness (QED) is 0.274. The molecule has 0 aromatic heterocycles. The standard InChI is InChI=1S/C14H26Cl2O2/c15-11-7-3-1-5-9-13-18-14(17)10-6-2-4-8-12-16/h1-13H2/i6D2,10D2,11D2,13D2. The van der Waals surface area contributed by atoms with Crippen LogP contribution in [0.25, 0.3) is 0 Å². The fraction of sp³-hybridized carbons (Fsp3) is 0.929. The summed E-state index contributed by atoms with van der Waals surface area (Å²) in [6.45, 7) is -2.43. The molecule has 0 unspecified atom stereocenters. The molecule has 0 radical (unpaired) electrons. The Balaban J connectivity index is 4.55. The number of carbonyl (C=O) groups is 1. The summed E-state index contributed by atoms with van der Waals surface area (Å²) in [5.41, 5.74) is 0. The van der Waals surface area contributed by atoms with Crippen molar-refractivity contribution >= 4 is 29.2 Å². The van der Waals surface area contributed by atoms with E-state index in [-0.39, 0.29) is 19.3 Å². The number of rotatable bonds is 13. The molecule has 0 fully saturated rings. The zero-order chi connectivity index (χ0) is 20.6. The number of esters is 1. The summed E-state index contributed by atoms with van der Waals surface area (Å²) in [7, 11) is 0. The highest BCUT2D eigenvalue weighted by Crippen LogP contribution is 2.07. The van der Waals surface area contributed by atoms with Crippen molar-refractivity contribution in [1.82, 2.24) is 0 Å². The van der Waals surface area contributed by atoms with E-state index in [0.29, 0.717) is 38.0 Å². The number of halogens is 2. The molecule has 0 bridgehead atoms. The van der Waals surface area contributed by atoms with Crippen molar-refractivity contribution in [3.8, 4) is 0 Å². The molecule has 0 aliphatic rings. The van der Waals surface area contributed by atoms with E-state index in [4.69, 9.17) is 34.2 Å². The third-order valence-corrected chi connectivity index (χ3v) is 2.55. The highest BCUT2D eigenvalue weighted by molar-refractivity contribution is 6.18. The topological polar surface area (TPSA) is 26.3 Å². The average Bonchev–Trinajstić information content (AvgIpc) is 2.44. The molecular weight excluding hydrogens is 271 g/mol. The Hall–Kier alpha value is 0.0500. The molecule has 0 N–H and O–H groups in total. The van der Waals surface area contributed by atoms with E-state index in [1.54, 1.807) is 0 Å². The van der Waals surface area contributed by atoms with Crippen molar-refractivity contribution in [2.45, 2.75) is 64.1 Å². The maximum atomic E-state index is 12.0. The minimum absolute atomic E-state index is 0.113. The summed E-state index contributed by atoms with van der Waals surface area (Å²) >= 11 is 10.9. The van der Waals surface area contributed by atoms with Crippen LogP contribution in [0, 0.1) is 0 Å². The fourth-order valence-electron chi connectivity index (χ4n) is 1.15. The predicted molar refractivity (Wildman–Crippen MR) is 78.6 cm³/mol. The molecule has 0 aromatic carbocycles. The molecule has 0 atom stereocenters. The Morgan fingerprint density at radius 2 is 1.61 bits per heavy atom. The molecule has 0 rings (SSSR count). The third kappa shape index (κ3) is 14.1. The SMILES string of the molecule is [2H]C([2H])(Cl)CCCCCC([2H])([2H])OC(=O)C([2H])([2H])C([2H])([2H])CCCCCl. The van der Waals surface area contributed by atoms with E-state index < -0.39 is 31.1 Å². The predicted octanol–water partition coefficient (Wildman–Crippen LogP) is 4.91. The highest BCUT2D eigenvalue weighted by atomic mass is 35.5. The molecule has 0 heterocycles. The Morgan fingerprint density at radius 1 is 0.944 bits per heavy atom. The average molecular weight is 305 g/mol. The molecule has 0 aliphatic heterocycles. The van der Waals surface area contributed by atoms with Crippen molar-refractivity contribution in [3.63, 3.8) is 0 Å². The van der Waals surface area contributed by atoms with Gasteiger partial charge in [0.05, 0.1) is 9.30 Å². The number of unbranched alkanes of at least 4 members (excludes halogenated alkanes) is 3. The van der Waals surface area contributed by atoms with Crippen LogP contribution in [0.3, 0.4) is 0 Å². The van der Waals surface area contributed by atoms with Crippen LogP contribution >= 0.6 is 23.2 Å². The molecule has 0 spiro atoms. The Bertz CT molecular complexity index is 441. The molecule has 18 heavy (non-hydrogen) atoms. The number of hydrogen-bond acceptors (Lipinski definition) is 2. The number of hydrogen-bond donors (Lipinski definition) is 0. The summed E-state index contributed by atoms with van der Waals surface area (Å²) in [6.07, 6.45) is -3.83. The second kappa shape index (κ2) is 15.1. The van der Waals surface area contributed by atoms with Gasteiger partial charge in [-0.3, -0.25) is 4.79 Å². The van der Waals surface area contributed by atoms with E-state index in [0.717, 1.165) is 0 Å². The molecule has 0 aromatic rings. The third-order valence-electron chi connectivity index (χ3n) is 2.09. The van der Waals surface area contributed by atoms with Gasteiger partial charge in [0, 0.05) is 26.3 Å². The molecule has 2 nitrogen and oxygen atoms in total. The van der Waals surface area contributed by atoms with Crippen LogP contribution in [-0.2, 0) is 9.53 Å². The number of carbonyl (C=O) groups excluding carboxylic acids is 1. The summed E-state index contributed by atoms with van der Waals surface area (Å²) in [5, 5.41) is 0. The lowest BCUT2D eigenvalue weighted by Crippen LogP contribution is -2.05. The molecular formula is C14H26Cl2O2. The first kappa shape index (κ1) is 8.36. The smallest absolute Gasteiger partial charge is 0.305 e. The van der Waals surface area contributed by atoms with Gasteiger partial charge >= 0.3 is 5.97 Å². The fourth-order valence-corrected chi connectivity index (χ4v) is 1.47. The minimum atomic E-state index is -2.98. The highest BCUT2D eigenvalue weighted by Gasteiger charge is 2.02. The van der Waals surface area contributed by atoms with Crippen LogP contribution in [0.1, 0.15) is 75.1 Å². The van der Waals surface area contributed by atoms with Gasteiger partial charge < -0.3 is 4.74 Å². The van der Waals surface area contributed by atoms with Gasteiger partial charge in [-0.15, -0.1) is 23.2 Å². The number of ether oxygens (including phenoxy) is 1. The monoisotopic (exact) mass is 304 g/mol. The largest absolute Gasteiger partial charge is 0.466 e. The van der Waals surface area contributed by atoms with Gasteiger partial charge in [-0.25, -0.2) is 0 Å². The van der Waals surface area contributed by atoms with E-state index in [1.807, 2.05) is 0 Å². The Morgan fingerprint density at radius 3 is 2.33 bits per heavy atom. The lowest BCUT2D eigenvalue weighted by atomic mass is 10.1. The van der Waals surface area contributed by atoms with Gasteiger partial charge in [0.2, 0.25) is 0 Å². The Kier molecular flexibility index (Phi) is 7.02. The van der Waals surface area contributed by atoms with Crippen molar-refractivity contribution in [2.24, 2.45) is 0 Å². The first-order valence-corrected chi connectivity index (χ1v) is 7.04. The van der Waals surface area contributed by atoms with Crippen LogP contribution in [-0.4, -0.2) is 24.2 Å². The zero-order valence-corrected chi connectivity index (χ0v) is 11.9. The van der Waals surface area contributed by atoms with E-state index in [9.17, 15) is 4.79 Å². The lowest BCUT2D eigenvalue weighted by molar-refractivity contribution is -0.143. The minimum Gasteiger partial charge on any atom is -0.466 e. The second-order valence-electron chi connectivity index (χ2n) is 3.68. The van der Waals surface area contributed by atoms with E-state index in [2.05, 4.69) is 4.74 Å². The van der Waals surface area contributed by atoms with Crippen molar-refractivity contribution in [1.29, 1.82) is 0 Å². The van der Waals surface area contributed by atoms with Crippen LogP contribution in [0.4, 0.5) is 0 Å². The molecule has 4 heteroatoms. The molecule has 0 saturated heterocycles. The molecule has 0 aliphatic carbocycles. The first-order chi connectivity index (χ1) is 11.6. The maximum absolute atomic E-state index is 12.0. The summed E-state index contributed by atoms with van der Waals surface area (Å²) < 4.78 is 65.3. The second-order valence-corrected chi connectivity index (χ2v) is 4.32. The zero-order valence-electron chi connectivity index (χ0n) is 18.4. The van der Waals surface area contributed by atoms with Crippen LogP contribution in [0.15, 0.2) is 0 Å². The van der Waals surface area contributed by atoms with Crippen LogP contribution in [0.2, 0.25) is 0 Å². The van der Waals surface area contributed by atoms with Gasteiger partial charge in [0.25, 0.3) is 0 Å². The molecule has 108 valence electrons. The van der Waals surface area contributed by atoms with Gasteiger partial charge in [-0.2, -0.15) is 0 Å². The first-order valence-electron chi connectivity index (χ1n) is 10.1. The van der Waals surface area contributed by atoms with Gasteiger partial charge in [0.1, 0.15) is 0 Å². The van der Waals surface area contributed by atoms with E-state index in [1.165, 1.54) is 0 Å². The van der Waals surface area contributed by atoms with Gasteiger partial charge in [0.15, 0.2) is 0 Å². The van der Waals surface area contributed by atoms with E-state index >= 15 is 0 Å². The van der Waals surface area contributed by atoms with Crippen molar-refractivity contribution < 1.29 is 20.5 Å².